The van der Waals surface area contributed by atoms with E-state index in [0.717, 1.165) is 11.8 Å². The molecule has 2 heterocycles. The number of nitrogens with one attached hydrogen (secondary N) is 2. The summed E-state index contributed by atoms with van der Waals surface area (Å²) in [6, 6.07) is 1.38. The Labute approximate surface area is 131 Å². The van der Waals surface area contributed by atoms with Crippen LogP contribution in [0.3, 0.4) is 0 Å². The van der Waals surface area contributed by atoms with Crippen molar-refractivity contribution in [2.75, 3.05) is 0 Å². The Balaban J connectivity index is 0.000000181. The maximum Gasteiger partial charge on any atom is 0.251 e. The van der Waals surface area contributed by atoms with Gasteiger partial charge in [-0.2, -0.15) is 0 Å². The van der Waals surface area contributed by atoms with Gasteiger partial charge in [0.25, 0.3) is 5.56 Å². The highest BCUT2D eigenvalue weighted by atomic mass is 35.5. The topological polar surface area (TPSA) is 48.6 Å². The summed E-state index contributed by atoms with van der Waals surface area (Å²) in [6.45, 7) is 0. The predicted molar refractivity (Wildman–Crippen MR) is 78.3 cm³/mol. The second-order valence-electron chi connectivity index (χ2n) is 2.88. The third kappa shape index (κ3) is 4.82. The summed E-state index contributed by atoms with van der Waals surface area (Å²) in [7, 11) is 0. The highest BCUT2D eigenvalue weighted by Gasteiger charge is 2.67. The Bertz CT molecular complexity index is 471. The van der Waals surface area contributed by atoms with Crippen molar-refractivity contribution in [3.63, 3.8) is 0 Å². The van der Waals surface area contributed by atoms with Gasteiger partial charge in [0.05, 0.1) is 5.88 Å². The molecule has 0 aromatic carbocycles. The summed E-state index contributed by atoms with van der Waals surface area (Å²) in [4.78, 5) is 15.8. The van der Waals surface area contributed by atoms with E-state index in [2.05, 4.69) is 22.2 Å². The first kappa shape index (κ1) is 16.0. The highest BCUT2D eigenvalue weighted by Crippen LogP contribution is 2.74. The minimum atomic E-state index is -0.962. The zero-order chi connectivity index (χ0) is 13.3. The van der Waals surface area contributed by atoms with E-state index < -0.39 is 7.33 Å². The lowest BCUT2D eigenvalue weighted by Gasteiger charge is -1.91. The summed E-state index contributed by atoms with van der Waals surface area (Å²) in [5.41, 5.74) is 0.412. The smallest absolute Gasteiger partial charge is 0.251 e. The van der Waals surface area contributed by atoms with Gasteiger partial charge >= 0.3 is 0 Å². The monoisotopic (exact) mass is 372 g/mol. The molecule has 2 rings (SSSR count). The van der Waals surface area contributed by atoms with Crippen LogP contribution in [0.1, 0.15) is 5.69 Å². The first-order valence-electron chi connectivity index (χ1n) is 4.02. The van der Waals surface area contributed by atoms with E-state index in [1.165, 1.54) is 6.07 Å². The van der Waals surface area contributed by atoms with Crippen LogP contribution in [-0.2, 0) is 5.88 Å². The van der Waals surface area contributed by atoms with Gasteiger partial charge in [-0.25, -0.2) is 0 Å². The molecule has 0 aliphatic carbocycles. The molecule has 1 aromatic heterocycles. The Morgan fingerprint density at radius 3 is 2.00 bits per heavy atom. The quantitative estimate of drug-likeness (QED) is 0.441. The third-order valence-electron chi connectivity index (χ3n) is 1.51. The summed E-state index contributed by atoms with van der Waals surface area (Å²) >= 11 is 32.8. The number of thioether (sulfide) groups is 1. The molecule has 0 unspecified atom stereocenters. The maximum absolute atomic E-state index is 10.7. The Morgan fingerprint density at radius 1 is 1.24 bits per heavy atom. The van der Waals surface area contributed by atoms with Crippen molar-refractivity contribution < 1.29 is 0 Å². The molecule has 0 atom stereocenters. The summed E-state index contributed by atoms with van der Waals surface area (Å²) in [5.74, 6) is 0.271. The molecule has 0 radical (unpaired) electrons. The number of rotatable bonds is 1. The van der Waals surface area contributed by atoms with Crippen molar-refractivity contribution in [2.24, 2.45) is 0 Å². The Morgan fingerprint density at radius 2 is 1.71 bits per heavy atom. The van der Waals surface area contributed by atoms with E-state index >= 15 is 0 Å². The molecule has 3 nitrogen and oxygen atoms in total. The minimum Gasteiger partial charge on any atom is -0.335 e. The van der Waals surface area contributed by atoms with Gasteiger partial charge in [0.1, 0.15) is 0 Å². The van der Waals surface area contributed by atoms with Crippen LogP contribution in [0.15, 0.2) is 10.9 Å². The zero-order valence-electron chi connectivity index (χ0n) is 7.90. The maximum atomic E-state index is 10.7. The van der Waals surface area contributed by atoms with Crippen LogP contribution in [0.4, 0.5) is 0 Å². The second-order valence-corrected chi connectivity index (χ2v) is 8.54. The molecule has 0 saturated carbocycles. The van der Waals surface area contributed by atoms with E-state index in [-0.39, 0.29) is 11.4 Å². The van der Waals surface area contributed by atoms with E-state index in [1.807, 2.05) is 0 Å². The first-order valence-corrected chi connectivity index (χ1v) is 7.29. The average molecular weight is 375 g/mol. The summed E-state index contributed by atoms with van der Waals surface area (Å²) in [6.07, 6.45) is 0. The first-order chi connectivity index (χ1) is 7.68. The predicted octanol–water partition coefficient (Wildman–Crippen LogP) is 4.17. The van der Waals surface area contributed by atoms with Crippen molar-refractivity contribution in [2.45, 2.75) is 13.2 Å². The molecule has 10 heteroatoms. The number of hydrogen-bond acceptors (Lipinski definition) is 3. The van der Waals surface area contributed by atoms with E-state index in [1.54, 1.807) is 0 Å². The van der Waals surface area contributed by atoms with Gasteiger partial charge in [0.15, 0.2) is 4.77 Å². The van der Waals surface area contributed by atoms with Crippen molar-refractivity contribution in [3.8, 4) is 0 Å². The van der Waals surface area contributed by atoms with Gasteiger partial charge in [0, 0.05) is 11.8 Å². The fraction of sp³-hybridized carbons (Fsp3) is 0.429. The fourth-order valence-electron chi connectivity index (χ4n) is 0.727. The summed E-state index contributed by atoms with van der Waals surface area (Å²) < 4.78 is -1.62. The molecular weight excluding hydrogens is 369 g/mol. The van der Waals surface area contributed by atoms with Gasteiger partial charge in [-0.3, -0.25) is 9.78 Å². The van der Waals surface area contributed by atoms with Crippen molar-refractivity contribution in [1.82, 2.24) is 9.97 Å². The highest BCUT2D eigenvalue weighted by molar-refractivity contribution is 8.16. The molecule has 17 heavy (non-hydrogen) atoms. The molecule has 96 valence electrons. The van der Waals surface area contributed by atoms with Gasteiger partial charge in [-0.05, 0) is 12.2 Å². The van der Waals surface area contributed by atoms with Gasteiger partial charge < -0.3 is 4.98 Å². The molecule has 1 aliphatic heterocycles. The van der Waals surface area contributed by atoms with Crippen LogP contribution < -0.4 is 5.56 Å². The number of halogens is 5. The molecule has 1 aliphatic rings. The standard InChI is InChI=1S/C5H5ClN2OS.C2Cl4S/c6-2-3-1-4(9)8-5(10)7-3;3-1(4)2(5,6)7-1/h1H,2H2,(H2,7,8,9,10);. The van der Waals surface area contributed by atoms with Crippen molar-refractivity contribution in [1.29, 1.82) is 0 Å². The summed E-state index contributed by atoms with van der Waals surface area (Å²) in [5, 5.41) is 0. The Hall–Kier alpha value is 0.900. The molecule has 0 amide bonds. The van der Waals surface area contributed by atoms with Crippen LogP contribution in [0.25, 0.3) is 0 Å². The Kier molecular flexibility index (Phi) is 5.54. The van der Waals surface area contributed by atoms with Crippen molar-refractivity contribution in [3.05, 3.63) is 26.9 Å². The number of aromatic amines is 2. The van der Waals surface area contributed by atoms with E-state index in [0.29, 0.717) is 10.5 Å². The largest absolute Gasteiger partial charge is 0.335 e. The minimum absolute atomic E-state index is 0.223. The molecule has 1 saturated heterocycles. The van der Waals surface area contributed by atoms with Crippen molar-refractivity contribution >= 4 is 82.0 Å². The lowest BCUT2D eigenvalue weighted by molar-refractivity contribution is 1.03. The number of alkyl halides is 5. The number of H-pyrrole nitrogens is 2. The molecule has 0 spiro atoms. The normalized spacial score (nSPS) is 19.1. The molecule has 1 fully saturated rings. The van der Waals surface area contributed by atoms with E-state index in [9.17, 15) is 4.79 Å². The van der Waals surface area contributed by atoms with Crippen LogP contribution in [0.2, 0.25) is 0 Å². The zero-order valence-corrected chi connectivity index (χ0v) is 13.3. The van der Waals surface area contributed by atoms with E-state index in [4.69, 9.17) is 58.0 Å². The average Bonchev–Trinajstić information content (AvgIpc) is 2.61. The van der Waals surface area contributed by atoms with Crippen LogP contribution in [0, 0.1) is 4.77 Å². The molecule has 0 bridgehead atoms. The third-order valence-corrected chi connectivity index (χ3v) is 5.82. The fourth-order valence-corrected chi connectivity index (χ4v) is 3.24. The lowest BCUT2D eigenvalue weighted by Crippen LogP contribution is -2.07. The molecule has 2 N–H and O–H groups in total. The van der Waals surface area contributed by atoms with Crippen LogP contribution >= 0.6 is 82.0 Å². The number of hydrogen-bond donors (Lipinski definition) is 2. The number of aromatic nitrogens is 2. The SMILES string of the molecule is ClC1(Cl)SC1(Cl)Cl.O=c1cc(CCl)[nH]c(=S)[nH]1. The van der Waals surface area contributed by atoms with Crippen LogP contribution in [0.5, 0.6) is 0 Å². The van der Waals surface area contributed by atoms with Gasteiger partial charge in [0.2, 0.25) is 7.33 Å². The molecule has 1 aromatic rings. The second kappa shape index (κ2) is 5.90. The van der Waals surface area contributed by atoms with Gasteiger partial charge in [-0.1, -0.05) is 58.2 Å². The molecular formula is C7H5Cl5N2OS2. The van der Waals surface area contributed by atoms with Crippen LogP contribution in [-0.4, -0.2) is 17.3 Å². The van der Waals surface area contributed by atoms with Gasteiger partial charge in [-0.15, -0.1) is 11.6 Å². The lowest BCUT2D eigenvalue weighted by atomic mass is 10.5.